The minimum absolute atomic E-state index is 0.0292. The number of ketones is 1. The number of halogens is 2. The molecule has 0 radical (unpaired) electrons. The molecule has 1 N–H and O–H groups in total. The Labute approximate surface area is 112 Å². The van der Waals surface area contributed by atoms with Crippen molar-refractivity contribution in [3.05, 3.63) is 33.8 Å². The van der Waals surface area contributed by atoms with E-state index in [9.17, 15) is 4.79 Å². The first-order valence-electron chi connectivity index (χ1n) is 5.75. The summed E-state index contributed by atoms with van der Waals surface area (Å²) in [6, 6.07) is 5.10. The summed E-state index contributed by atoms with van der Waals surface area (Å²) in [7, 11) is 0. The molecule has 0 amide bonds. The number of unbranched alkanes of at least 4 members (excludes halogenated alkanes) is 3. The highest BCUT2D eigenvalue weighted by molar-refractivity contribution is 6.43. The molecule has 0 fully saturated rings. The van der Waals surface area contributed by atoms with Gasteiger partial charge in [0, 0.05) is 18.6 Å². The number of carbonyl (C=O) groups is 1. The van der Waals surface area contributed by atoms with Gasteiger partial charge in [-0.25, -0.2) is 0 Å². The van der Waals surface area contributed by atoms with Crippen LogP contribution in [-0.2, 0) is 0 Å². The van der Waals surface area contributed by atoms with Gasteiger partial charge in [-0.3, -0.25) is 4.79 Å². The summed E-state index contributed by atoms with van der Waals surface area (Å²) < 4.78 is 0. The average Bonchev–Trinajstić information content (AvgIpc) is 2.32. The maximum Gasteiger partial charge on any atom is 0.164 e. The first-order chi connectivity index (χ1) is 8.16. The minimum Gasteiger partial charge on any atom is -0.396 e. The van der Waals surface area contributed by atoms with E-state index >= 15 is 0 Å². The first-order valence-corrected chi connectivity index (χ1v) is 6.50. The van der Waals surface area contributed by atoms with Crippen molar-refractivity contribution < 1.29 is 9.90 Å². The molecule has 4 heteroatoms. The van der Waals surface area contributed by atoms with Crippen molar-refractivity contribution in [3.8, 4) is 0 Å². The lowest BCUT2D eigenvalue weighted by Gasteiger charge is -2.04. The molecule has 0 saturated heterocycles. The van der Waals surface area contributed by atoms with E-state index in [2.05, 4.69) is 0 Å². The van der Waals surface area contributed by atoms with Crippen LogP contribution in [0.2, 0.25) is 10.0 Å². The standard InChI is InChI=1S/C13H16Cl2O2/c14-11-7-5-6-10(13(11)15)12(17)8-3-1-2-4-9-16/h5-7,16H,1-4,8-9H2. The molecule has 1 aromatic rings. The third-order valence-electron chi connectivity index (χ3n) is 2.56. The smallest absolute Gasteiger partial charge is 0.164 e. The van der Waals surface area contributed by atoms with Crippen LogP contribution in [0.5, 0.6) is 0 Å². The Morgan fingerprint density at radius 3 is 2.53 bits per heavy atom. The molecule has 1 aromatic carbocycles. The van der Waals surface area contributed by atoms with E-state index in [-0.39, 0.29) is 12.4 Å². The highest BCUT2D eigenvalue weighted by atomic mass is 35.5. The van der Waals surface area contributed by atoms with Crippen LogP contribution < -0.4 is 0 Å². The summed E-state index contributed by atoms with van der Waals surface area (Å²) in [5.41, 5.74) is 0.501. The molecule has 0 aliphatic heterocycles. The quantitative estimate of drug-likeness (QED) is 0.600. The van der Waals surface area contributed by atoms with Gasteiger partial charge in [-0.2, -0.15) is 0 Å². The summed E-state index contributed by atoms with van der Waals surface area (Å²) >= 11 is 11.8. The van der Waals surface area contributed by atoms with Crippen molar-refractivity contribution in [3.63, 3.8) is 0 Å². The molecule has 0 aromatic heterocycles. The zero-order chi connectivity index (χ0) is 12.7. The van der Waals surface area contributed by atoms with Gasteiger partial charge in [0.05, 0.1) is 10.0 Å². The minimum atomic E-state index is 0.0292. The second kappa shape index (κ2) is 7.70. The highest BCUT2D eigenvalue weighted by Crippen LogP contribution is 2.26. The molecule has 0 aliphatic carbocycles. The van der Waals surface area contributed by atoms with Gasteiger partial charge >= 0.3 is 0 Å². The van der Waals surface area contributed by atoms with Crippen molar-refractivity contribution in [2.24, 2.45) is 0 Å². The van der Waals surface area contributed by atoms with Crippen LogP contribution in [-0.4, -0.2) is 17.5 Å². The van der Waals surface area contributed by atoms with Gasteiger partial charge in [0.15, 0.2) is 5.78 Å². The topological polar surface area (TPSA) is 37.3 Å². The number of benzene rings is 1. The zero-order valence-corrected chi connectivity index (χ0v) is 11.1. The van der Waals surface area contributed by atoms with Gasteiger partial charge < -0.3 is 5.11 Å². The van der Waals surface area contributed by atoms with Crippen LogP contribution in [0.15, 0.2) is 18.2 Å². The van der Waals surface area contributed by atoms with E-state index in [0.29, 0.717) is 22.0 Å². The van der Waals surface area contributed by atoms with Gasteiger partial charge in [-0.05, 0) is 25.0 Å². The monoisotopic (exact) mass is 274 g/mol. The second-order valence-corrected chi connectivity index (χ2v) is 4.70. The van der Waals surface area contributed by atoms with Crippen molar-refractivity contribution in [1.82, 2.24) is 0 Å². The Hall–Kier alpha value is -0.570. The predicted octanol–water partition coefficient (Wildman–Crippen LogP) is 4.12. The van der Waals surface area contributed by atoms with E-state index in [1.54, 1.807) is 18.2 Å². The molecule has 2 nitrogen and oxygen atoms in total. The highest BCUT2D eigenvalue weighted by Gasteiger charge is 2.11. The summed E-state index contributed by atoms with van der Waals surface area (Å²) in [5.74, 6) is 0.0292. The van der Waals surface area contributed by atoms with Gasteiger partial charge in [0.1, 0.15) is 0 Å². The number of Topliss-reactive ketones (excluding diaryl/α,β-unsaturated/α-hetero) is 1. The number of rotatable bonds is 7. The van der Waals surface area contributed by atoms with Crippen LogP contribution >= 0.6 is 23.2 Å². The SMILES string of the molecule is O=C(CCCCCCO)c1cccc(Cl)c1Cl. The molecule has 1 rings (SSSR count). The molecule has 0 aliphatic rings. The molecular formula is C13H16Cl2O2. The van der Waals surface area contributed by atoms with Crippen LogP contribution in [0.3, 0.4) is 0 Å². The van der Waals surface area contributed by atoms with E-state index in [0.717, 1.165) is 25.7 Å². The van der Waals surface area contributed by atoms with Gasteiger partial charge in [-0.1, -0.05) is 42.1 Å². The molecule has 0 atom stereocenters. The van der Waals surface area contributed by atoms with Crippen molar-refractivity contribution in [2.75, 3.05) is 6.61 Å². The van der Waals surface area contributed by atoms with E-state index < -0.39 is 0 Å². The van der Waals surface area contributed by atoms with Crippen molar-refractivity contribution >= 4 is 29.0 Å². The molecule has 0 bridgehead atoms. The van der Waals surface area contributed by atoms with E-state index in [1.807, 2.05) is 0 Å². The maximum absolute atomic E-state index is 11.9. The fourth-order valence-electron chi connectivity index (χ4n) is 1.60. The number of carbonyl (C=O) groups excluding carboxylic acids is 1. The maximum atomic E-state index is 11.9. The van der Waals surface area contributed by atoms with E-state index in [4.69, 9.17) is 28.3 Å². The lowest BCUT2D eigenvalue weighted by atomic mass is 10.0. The molecule has 94 valence electrons. The third-order valence-corrected chi connectivity index (χ3v) is 3.38. The summed E-state index contributed by atoms with van der Waals surface area (Å²) in [6.45, 7) is 0.216. The summed E-state index contributed by atoms with van der Waals surface area (Å²) in [4.78, 5) is 11.9. The Kier molecular flexibility index (Phi) is 6.56. The fourth-order valence-corrected chi connectivity index (χ4v) is 2.01. The van der Waals surface area contributed by atoms with E-state index in [1.165, 1.54) is 0 Å². The summed E-state index contributed by atoms with van der Waals surface area (Å²) in [6.07, 6.45) is 4.00. The fraction of sp³-hybridized carbons (Fsp3) is 0.462. The lowest BCUT2D eigenvalue weighted by Crippen LogP contribution is -2.00. The number of aliphatic hydroxyl groups excluding tert-OH is 1. The molecule has 0 spiro atoms. The molecule has 0 heterocycles. The molecule has 0 saturated carbocycles. The molecular weight excluding hydrogens is 259 g/mol. The largest absolute Gasteiger partial charge is 0.396 e. The zero-order valence-electron chi connectivity index (χ0n) is 9.59. The van der Waals surface area contributed by atoms with Crippen LogP contribution in [0, 0.1) is 0 Å². The lowest BCUT2D eigenvalue weighted by molar-refractivity contribution is 0.0979. The normalized spacial score (nSPS) is 10.5. The van der Waals surface area contributed by atoms with Crippen LogP contribution in [0.25, 0.3) is 0 Å². The number of aliphatic hydroxyl groups is 1. The second-order valence-electron chi connectivity index (χ2n) is 3.91. The Morgan fingerprint density at radius 1 is 1.12 bits per heavy atom. The average molecular weight is 275 g/mol. The Balaban J connectivity index is 2.44. The van der Waals surface area contributed by atoms with Crippen molar-refractivity contribution in [2.45, 2.75) is 32.1 Å². The first kappa shape index (κ1) is 14.5. The number of hydrogen-bond acceptors (Lipinski definition) is 2. The van der Waals surface area contributed by atoms with Gasteiger partial charge in [0.2, 0.25) is 0 Å². The van der Waals surface area contributed by atoms with Crippen LogP contribution in [0.1, 0.15) is 42.5 Å². The van der Waals surface area contributed by atoms with Crippen molar-refractivity contribution in [1.29, 1.82) is 0 Å². The third kappa shape index (κ3) is 4.66. The predicted molar refractivity (Wildman–Crippen MR) is 71.0 cm³/mol. The van der Waals surface area contributed by atoms with Gasteiger partial charge in [-0.15, -0.1) is 0 Å². The Morgan fingerprint density at radius 2 is 1.82 bits per heavy atom. The number of hydrogen-bond donors (Lipinski definition) is 1. The summed E-state index contributed by atoms with van der Waals surface area (Å²) in [5, 5.41) is 9.38. The Bertz CT molecular complexity index is 378. The van der Waals surface area contributed by atoms with Gasteiger partial charge in [0.25, 0.3) is 0 Å². The molecule has 0 unspecified atom stereocenters. The molecule has 17 heavy (non-hydrogen) atoms. The van der Waals surface area contributed by atoms with Crippen LogP contribution in [0.4, 0.5) is 0 Å².